The summed E-state index contributed by atoms with van der Waals surface area (Å²) >= 11 is 1.73. The Morgan fingerprint density at radius 1 is 1.39 bits per heavy atom. The van der Waals surface area contributed by atoms with E-state index in [0.29, 0.717) is 0 Å². The molecule has 0 aliphatic carbocycles. The summed E-state index contributed by atoms with van der Waals surface area (Å²) in [4.78, 5) is 14.0. The van der Waals surface area contributed by atoms with Crippen LogP contribution in [0.3, 0.4) is 0 Å². The van der Waals surface area contributed by atoms with Crippen LogP contribution in [0.5, 0.6) is 0 Å². The Balaban J connectivity index is 2.43. The molecule has 0 aromatic heterocycles. The van der Waals surface area contributed by atoms with Crippen LogP contribution in [0.1, 0.15) is 18.9 Å². The first kappa shape index (κ1) is 15.1. The van der Waals surface area contributed by atoms with E-state index in [0.717, 1.165) is 13.1 Å². The normalized spacial score (nSPS) is 12.7. The number of nitrogens with zero attached hydrogens (tertiary/aromatic N) is 1. The van der Waals surface area contributed by atoms with Crippen molar-refractivity contribution in [2.24, 2.45) is 5.92 Å². The van der Waals surface area contributed by atoms with Crippen molar-refractivity contribution in [3.8, 4) is 0 Å². The van der Waals surface area contributed by atoms with Gasteiger partial charge in [0.05, 0.1) is 0 Å². The van der Waals surface area contributed by atoms with E-state index in [2.05, 4.69) is 35.4 Å². The first-order chi connectivity index (χ1) is 8.51. The minimum absolute atomic E-state index is 0.179. The number of hydrogen-bond donors (Lipinski definition) is 1. The molecular weight excluding hydrogens is 246 g/mol. The fourth-order valence-electron chi connectivity index (χ4n) is 2.00. The molecule has 1 aromatic carbocycles. The van der Waals surface area contributed by atoms with Gasteiger partial charge in [0.2, 0.25) is 0 Å². The van der Waals surface area contributed by atoms with Gasteiger partial charge in [-0.25, -0.2) is 0 Å². The molecule has 0 spiro atoms. The lowest BCUT2D eigenvalue weighted by Gasteiger charge is -2.20. The van der Waals surface area contributed by atoms with Gasteiger partial charge in [-0.05, 0) is 36.9 Å². The molecule has 0 saturated carbocycles. The molecule has 1 aromatic rings. The zero-order valence-electron chi connectivity index (χ0n) is 11.2. The first-order valence-electron chi connectivity index (χ1n) is 6.04. The van der Waals surface area contributed by atoms with Gasteiger partial charge in [0.1, 0.15) is 0 Å². The van der Waals surface area contributed by atoms with Crippen molar-refractivity contribution in [3.05, 3.63) is 29.8 Å². The summed E-state index contributed by atoms with van der Waals surface area (Å²) in [6.07, 6.45) is 2.30. The van der Waals surface area contributed by atoms with Crippen LogP contribution in [0.15, 0.2) is 29.2 Å². The van der Waals surface area contributed by atoms with E-state index in [9.17, 15) is 4.79 Å². The highest BCUT2D eigenvalue weighted by Gasteiger charge is 2.10. The third kappa shape index (κ3) is 5.56. The Morgan fingerprint density at radius 2 is 2.00 bits per heavy atom. The van der Waals surface area contributed by atoms with E-state index in [-0.39, 0.29) is 12.3 Å². The number of benzene rings is 1. The van der Waals surface area contributed by atoms with Crippen LogP contribution in [0.4, 0.5) is 0 Å². The van der Waals surface area contributed by atoms with E-state index in [1.54, 1.807) is 11.8 Å². The lowest BCUT2D eigenvalue weighted by Crippen LogP contribution is -2.25. The smallest absolute Gasteiger partial charge is 0.303 e. The predicted octanol–water partition coefficient (Wildman–Crippen LogP) is 2.95. The predicted molar refractivity (Wildman–Crippen MR) is 76.0 cm³/mol. The molecule has 1 atom stereocenters. The maximum absolute atomic E-state index is 10.6. The van der Waals surface area contributed by atoms with Crippen molar-refractivity contribution in [1.29, 1.82) is 0 Å². The van der Waals surface area contributed by atoms with Crippen LogP contribution in [-0.2, 0) is 11.3 Å². The Morgan fingerprint density at radius 3 is 2.50 bits per heavy atom. The number of carbonyl (C=O) groups is 1. The summed E-state index contributed by atoms with van der Waals surface area (Å²) in [6, 6.07) is 8.50. The Kier molecular flexibility index (Phi) is 6.22. The monoisotopic (exact) mass is 267 g/mol. The van der Waals surface area contributed by atoms with E-state index < -0.39 is 5.97 Å². The number of aliphatic carboxylic acids is 1. The number of rotatable bonds is 7. The molecule has 0 saturated heterocycles. The Labute approximate surface area is 113 Å². The molecule has 0 fully saturated rings. The summed E-state index contributed by atoms with van der Waals surface area (Å²) in [5.41, 5.74) is 1.26. The van der Waals surface area contributed by atoms with Crippen LogP contribution in [-0.4, -0.2) is 35.8 Å². The average molecular weight is 267 g/mol. The molecule has 0 aliphatic rings. The number of thioether (sulfide) groups is 1. The maximum Gasteiger partial charge on any atom is 0.303 e. The zero-order valence-corrected chi connectivity index (χ0v) is 12.0. The molecular formula is C14H21NO2S. The van der Waals surface area contributed by atoms with Crippen molar-refractivity contribution in [2.75, 3.05) is 19.8 Å². The molecule has 0 radical (unpaired) electrons. The molecule has 0 aliphatic heterocycles. The van der Waals surface area contributed by atoms with Gasteiger partial charge in [-0.1, -0.05) is 19.1 Å². The topological polar surface area (TPSA) is 40.5 Å². The number of hydrogen-bond acceptors (Lipinski definition) is 3. The van der Waals surface area contributed by atoms with Crippen LogP contribution >= 0.6 is 11.8 Å². The molecule has 4 heteroatoms. The highest BCUT2D eigenvalue weighted by atomic mass is 32.2. The largest absolute Gasteiger partial charge is 0.481 e. The van der Waals surface area contributed by atoms with Gasteiger partial charge in [-0.15, -0.1) is 11.8 Å². The highest BCUT2D eigenvalue weighted by molar-refractivity contribution is 7.98. The third-order valence-corrected chi connectivity index (χ3v) is 3.50. The molecule has 100 valence electrons. The summed E-state index contributed by atoms with van der Waals surface area (Å²) in [7, 11) is 2.03. The maximum atomic E-state index is 10.6. The van der Waals surface area contributed by atoms with E-state index in [1.807, 2.05) is 14.0 Å². The summed E-state index contributed by atoms with van der Waals surface area (Å²) in [6.45, 7) is 3.64. The van der Waals surface area contributed by atoms with Crippen molar-refractivity contribution in [2.45, 2.75) is 24.8 Å². The highest BCUT2D eigenvalue weighted by Crippen LogP contribution is 2.16. The molecule has 3 nitrogen and oxygen atoms in total. The second kappa shape index (κ2) is 7.44. The molecule has 0 bridgehead atoms. The van der Waals surface area contributed by atoms with Crippen LogP contribution in [0.25, 0.3) is 0 Å². The second-order valence-electron chi connectivity index (χ2n) is 4.75. The Bertz CT molecular complexity index is 378. The summed E-state index contributed by atoms with van der Waals surface area (Å²) < 4.78 is 0. The fraction of sp³-hybridized carbons (Fsp3) is 0.500. The van der Waals surface area contributed by atoms with Crippen molar-refractivity contribution in [1.82, 2.24) is 4.90 Å². The molecule has 18 heavy (non-hydrogen) atoms. The first-order valence-corrected chi connectivity index (χ1v) is 7.27. The van der Waals surface area contributed by atoms with E-state index >= 15 is 0 Å². The molecule has 1 N–H and O–H groups in total. The molecule has 1 rings (SSSR count). The van der Waals surface area contributed by atoms with Crippen molar-refractivity contribution < 1.29 is 9.90 Å². The van der Waals surface area contributed by atoms with E-state index in [4.69, 9.17) is 5.11 Å². The average Bonchev–Trinajstić information content (AvgIpc) is 2.28. The molecule has 0 heterocycles. The standard InChI is InChI=1S/C14H21NO2S/c1-11(8-14(16)17)9-15(2)10-12-4-6-13(18-3)7-5-12/h4-7,11H,8-10H2,1-3H3,(H,16,17). The number of carboxylic acid groups (broad SMARTS) is 1. The van der Waals surface area contributed by atoms with E-state index in [1.165, 1.54) is 10.5 Å². The van der Waals surface area contributed by atoms with Crippen molar-refractivity contribution >= 4 is 17.7 Å². The second-order valence-corrected chi connectivity index (χ2v) is 5.63. The SMILES string of the molecule is CSc1ccc(CN(C)CC(C)CC(=O)O)cc1. The summed E-state index contributed by atoms with van der Waals surface area (Å²) in [5, 5.41) is 8.72. The van der Waals surface area contributed by atoms with Crippen LogP contribution in [0, 0.1) is 5.92 Å². The third-order valence-electron chi connectivity index (χ3n) is 2.76. The van der Waals surface area contributed by atoms with Gasteiger partial charge >= 0.3 is 5.97 Å². The van der Waals surface area contributed by atoms with Gasteiger partial charge in [0.25, 0.3) is 0 Å². The molecule has 1 unspecified atom stereocenters. The van der Waals surface area contributed by atoms with Gasteiger partial charge in [-0.3, -0.25) is 4.79 Å². The zero-order chi connectivity index (χ0) is 13.5. The van der Waals surface area contributed by atoms with Gasteiger partial charge in [0.15, 0.2) is 0 Å². The fourth-order valence-corrected chi connectivity index (χ4v) is 2.41. The van der Waals surface area contributed by atoms with Gasteiger partial charge < -0.3 is 10.0 Å². The van der Waals surface area contributed by atoms with Crippen LogP contribution in [0.2, 0.25) is 0 Å². The van der Waals surface area contributed by atoms with Crippen LogP contribution < -0.4 is 0 Å². The van der Waals surface area contributed by atoms with Crippen molar-refractivity contribution in [3.63, 3.8) is 0 Å². The lowest BCUT2D eigenvalue weighted by molar-refractivity contribution is -0.138. The van der Waals surface area contributed by atoms with Gasteiger partial charge in [0, 0.05) is 24.4 Å². The minimum atomic E-state index is -0.722. The quantitative estimate of drug-likeness (QED) is 0.771. The lowest BCUT2D eigenvalue weighted by atomic mass is 10.1. The number of carboxylic acids is 1. The Hall–Kier alpha value is -1.00. The molecule has 0 amide bonds. The van der Waals surface area contributed by atoms with Gasteiger partial charge in [-0.2, -0.15) is 0 Å². The summed E-state index contributed by atoms with van der Waals surface area (Å²) in [5.74, 6) is -0.543. The minimum Gasteiger partial charge on any atom is -0.481 e.